The average molecular weight is 423 g/mol. The van der Waals surface area contributed by atoms with Crippen LogP contribution in [0, 0.1) is 5.82 Å². The van der Waals surface area contributed by atoms with E-state index in [9.17, 15) is 14.0 Å². The zero-order valence-corrected chi connectivity index (χ0v) is 16.9. The maximum absolute atomic E-state index is 13.2. The first-order valence-corrected chi connectivity index (χ1v) is 10.1. The van der Waals surface area contributed by atoms with Crippen LogP contribution in [0.5, 0.6) is 5.75 Å². The highest BCUT2D eigenvalue weighted by atomic mass is 32.1. The average Bonchev–Trinajstić information content (AvgIpc) is 3.20. The van der Waals surface area contributed by atoms with Crippen molar-refractivity contribution < 1.29 is 13.9 Å². The van der Waals surface area contributed by atoms with Gasteiger partial charge in [0.05, 0.1) is 12.8 Å². The molecular formula is C22H18FN3O3S. The molecule has 6 nitrogen and oxygen atoms in total. The van der Waals surface area contributed by atoms with E-state index < -0.39 is 11.5 Å². The zero-order chi connectivity index (χ0) is 21.1. The number of hydrogen-bond donors (Lipinski definition) is 1. The molecule has 8 heteroatoms. The van der Waals surface area contributed by atoms with Crippen LogP contribution in [0.1, 0.15) is 15.9 Å². The standard InChI is InChI=1S/C22H18FN3O3S/c1-29-17-8-2-14(3-9-17)10-11-24-20(27)18-12-25-22-26(21(18)28)19(13-30-22)15-4-6-16(23)7-5-15/h2-9,12-13H,10-11H2,1H3,(H,24,27). The summed E-state index contributed by atoms with van der Waals surface area (Å²) in [5.74, 6) is -0.0738. The quantitative estimate of drug-likeness (QED) is 0.515. The molecule has 4 aromatic rings. The summed E-state index contributed by atoms with van der Waals surface area (Å²) in [6, 6.07) is 13.4. The predicted molar refractivity (Wildman–Crippen MR) is 114 cm³/mol. The van der Waals surface area contributed by atoms with Crippen LogP contribution in [0.4, 0.5) is 4.39 Å². The number of amides is 1. The number of nitrogens with zero attached hydrogens (tertiary/aromatic N) is 2. The summed E-state index contributed by atoms with van der Waals surface area (Å²) in [6.07, 6.45) is 1.91. The maximum Gasteiger partial charge on any atom is 0.271 e. The minimum absolute atomic E-state index is 0.0380. The Morgan fingerprint density at radius 3 is 2.60 bits per heavy atom. The van der Waals surface area contributed by atoms with Gasteiger partial charge in [-0.15, -0.1) is 11.3 Å². The highest BCUT2D eigenvalue weighted by molar-refractivity contribution is 7.15. The Morgan fingerprint density at radius 1 is 1.17 bits per heavy atom. The topological polar surface area (TPSA) is 72.7 Å². The molecule has 0 aliphatic rings. The van der Waals surface area contributed by atoms with Crippen LogP contribution in [0.15, 0.2) is 64.9 Å². The summed E-state index contributed by atoms with van der Waals surface area (Å²) < 4.78 is 19.7. The second-order valence-electron chi connectivity index (χ2n) is 6.58. The molecule has 0 aliphatic carbocycles. The number of thiazole rings is 1. The molecule has 152 valence electrons. The van der Waals surface area contributed by atoms with Crippen LogP contribution in [0.2, 0.25) is 0 Å². The van der Waals surface area contributed by atoms with E-state index in [2.05, 4.69) is 10.3 Å². The molecule has 1 N–H and O–H groups in total. The van der Waals surface area contributed by atoms with Crippen LogP contribution < -0.4 is 15.6 Å². The summed E-state index contributed by atoms with van der Waals surface area (Å²) in [4.78, 5) is 30.3. The van der Waals surface area contributed by atoms with Gasteiger partial charge in [-0.3, -0.25) is 14.0 Å². The number of fused-ring (bicyclic) bond motifs is 1. The number of hydrogen-bond acceptors (Lipinski definition) is 5. The molecule has 0 aliphatic heterocycles. The van der Waals surface area contributed by atoms with Crippen LogP contribution in [0.25, 0.3) is 16.2 Å². The summed E-state index contributed by atoms with van der Waals surface area (Å²) in [5.41, 5.74) is 1.79. The summed E-state index contributed by atoms with van der Waals surface area (Å²) >= 11 is 1.28. The van der Waals surface area contributed by atoms with Crippen molar-refractivity contribution in [2.45, 2.75) is 6.42 Å². The van der Waals surface area contributed by atoms with E-state index in [0.29, 0.717) is 29.2 Å². The molecule has 0 spiro atoms. The lowest BCUT2D eigenvalue weighted by molar-refractivity contribution is 0.0952. The highest BCUT2D eigenvalue weighted by Crippen LogP contribution is 2.24. The number of rotatable bonds is 6. The number of aromatic nitrogens is 2. The Kier molecular flexibility index (Phi) is 5.58. The Bertz CT molecular complexity index is 1250. The van der Waals surface area contributed by atoms with Gasteiger partial charge in [0.25, 0.3) is 11.5 Å². The van der Waals surface area contributed by atoms with Gasteiger partial charge < -0.3 is 10.1 Å². The van der Waals surface area contributed by atoms with Gasteiger partial charge in [-0.1, -0.05) is 12.1 Å². The van der Waals surface area contributed by atoms with Gasteiger partial charge in [-0.2, -0.15) is 0 Å². The van der Waals surface area contributed by atoms with E-state index >= 15 is 0 Å². The van der Waals surface area contributed by atoms with Crippen LogP contribution in [-0.2, 0) is 6.42 Å². The van der Waals surface area contributed by atoms with E-state index in [4.69, 9.17) is 4.74 Å². The maximum atomic E-state index is 13.2. The summed E-state index contributed by atoms with van der Waals surface area (Å²) in [7, 11) is 1.60. The van der Waals surface area contributed by atoms with Crippen molar-refractivity contribution in [2.24, 2.45) is 0 Å². The second-order valence-corrected chi connectivity index (χ2v) is 7.41. The molecule has 2 aromatic heterocycles. The molecule has 4 rings (SSSR count). The Labute approximate surface area is 175 Å². The molecule has 0 atom stereocenters. The van der Waals surface area contributed by atoms with Crippen molar-refractivity contribution in [2.75, 3.05) is 13.7 Å². The van der Waals surface area contributed by atoms with Gasteiger partial charge >= 0.3 is 0 Å². The second kappa shape index (κ2) is 8.46. The van der Waals surface area contributed by atoms with Crippen molar-refractivity contribution in [3.8, 4) is 17.0 Å². The Balaban J connectivity index is 1.54. The van der Waals surface area contributed by atoms with Gasteiger partial charge in [-0.05, 0) is 53.9 Å². The molecule has 0 bridgehead atoms. The molecule has 0 unspecified atom stereocenters. The number of ether oxygens (including phenoxy) is 1. The number of carbonyl (C=O) groups excluding carboxylic acids is 1. The molecule has 0 saturated carbocycles. The Hall–Kier alpha value is -3.52. The Morgan fingerprint density at radius 2 is 1.90 bits per heavy atom. The third-order valence-corrected chi connectivity index (χ3v) is 5.53. The van der Waals surface area contributed by atoms with E-state index in [-0.39, 0.29) is 11.4 Å². The van der Waals surface area contributed by atoms with Gasteiger partial charge in [0.2, 0.25) is 0 Å². The molecular weight excluding hydrogens is 405 g/mol. The number of carbonyl (C=O) groups is 1. The lowest BCUT2D eigenvalue weighted by Gasteiger charge is -2.07. The SMILES string of the molecule is COc1ccc(CCNC(=O)c2cnc3scc(-c4ccc(F)cc4)n3c2=O)cc1. The van der Waals surface area contributed by atoms with Gasteiger partial charge in [0.15, 0.2) is 4.96 Å². The fraction of sp³-hybridized carbons (Fsp3) is 0.136. The molecule has 0 saturated heterocycles. The van der Waals surface area contributed by atoms with Crippen molar-refractivity contribution in [1.29, 1.82) is 0 Å². The van der Waals surface area contributed by atoms with E-state index in [1.807, 2.05) is 24.3 Å². The molecule has 0 radical (unpaired) electrons. The molecule has 30 heavy (non-hydrogen) atoms. The largest absolute Gasteiger partial charge is 0.497 e. The van der Waals surface area contributed by atoms with Crippen LogP contribution in [0.3, 0.4) is 0 Å². The molecule has 2 heterocycles. The number of benzene rings is 2. The minimum atomic E-state index is -0.480. The predicted octanol–water partition coefficient (Wildman–Crippen LogP) is 3.54. The number of halogens is 1. The number of nitrogens with one attached hydrogen (secondary N) is 1. The molecule has 0 fully saturated rings. The molecule has 2 aromatic carbocycles. The lowest BCUT2D eigenvalue weighted by atomic mass is 10.1. The van der Waals surface area contributed by atoms with E-state index in [0.717, 1.165) is 11.3 Å². The third kappa shape index (κ3) is 3.95. The first-order chi connectivity index (χ1) is 14.6. The fourth-order valence-corrected chi connectivity index (χ4v) is 3.94. The van der Waals surface area contributed by atoms with Crippen LogP contribution in [-0.4, -0.2) is 28.9 Å². The van der Waals surface area contributed by atoms with E-state index in [1.54, 1.807) is 24.6 Å². The van der Waals surface area contributed by atoms with Gasteiger partial charge in [0.1, 0.15) is 17.1 Å². The smallest absolute Gasteiger partial charge is 0.271 e. The van der Waals surface area contributed by atoms with Crippen molar-refractivity contribution in [3.63, 3.8) is 0 Å². The summed E-state index contributed by atoms with van der Waals surface area (Å²) in [6.45, 7) is 0.377. The van der Waals surface area contributed by atoms with Crippen molar-refractivity contribution >= 4 is 22.2 Å². The number of methoxy groups -OCH3 is 1. The monoisotopic (exact) mass is 423 g/mol. The van der Waals surface area contributed by atoms with Crippen LogP contribution >= 0.6 is 11.3 Å². The zero-order valence-electron chi connectivity index (χ0n) is 16.1. The first-order valence-electron chi connectivity index (χ1n) is 9.23. The highest BCUT2D eigenvalue weighted by Gasteiger charge is 2.17. The van der Waals surface area contributed by atoms with Crippen molar-refractivity contribution in [3.05, 3.63) is 87.4 Å². The minimum Gasteiger partial charge on any atom is -0.497 e. The van der Waals surface area contributed by atoms with Gasteiger partial charge in [-0.25, -0.2) is 9.37 Å². The van der Waals surface area contributed by atoms with E-state index in [1.165, 1.54) is 34.1 Å². The van der Waals surface area contributed by atoms with Gasteiger partial charge in [0, 0.05) is 18.1 Å². The van der Waals surface area contributed by atoms with Crippen molar-refractivity contribution in [1.82, 2.24) is 14.7 Å². The normalized spacial score (nSPS) is 10.9. The molecule has 1 amide bonds. The first kappa shape index (κ1) is 19.8. The summed E-state index contributed by atoms with van der Waals surface area (Å²) in [5, 5.41) is 4.54. The fourth-order valence-electron chi connectivity index (χ4n) is 3.08. The lowest BCUT2D eigenvalue weighted by Crippen LogP contribution is -2.32. The third-order valence-electron chi connectivity index (χ3n) is 4.69.